The summed E-state index contributed by atoms with van der Waals surface area (Å²) in [7, 11) is 0. The summed E-state index contributed by atoms with van der Waals surface area (Å²) in [5, 5.41) is 24.6. The maximum Gasteiger partial charge on any atom is 0.227 e. The molecule has 0 saturated carbocycles. The van der Waals surface area contributed by atoms with E-state index in [4.69, 9.17) is 0 Å². The smallest absolute Gasteiger partial charge is 0.227 e. The van der Waals surface area contributed by atoms with Gasteiger partial charge in [0.15, 0.2) is 0 Å². The molecule has 0 aromatic carbocycles. The highest BCUT2D eigenvalue weighted by molar-refractivity contribution is 5.96. The molecule has 33 heavy (non-hydrogen) atoms. The van der Waals surface area contributed by atoms with Gasteiger partial charge in [-0.1, -0.05) is 13.8 Å². The summed E-state index contributed by atoms with van der Waals surface area (Å²) in [6.07, 6.45) is 3.11. The fourth-order valence-electron chi connectivity index (χ4n) is 4.33. The first kappa shape index (κ1) is 21.7. The number of rotatable bonds is 5. The largest absolute Gasteiger partial charge is 0.390 e. The van der Waals surface area contributed by atoms with E-state index in [-0.39, 0.29) is 18.6 Å². The fraction of sp³-hybridized carbons (Fsp3) is 0.478. The molecule has 0 radical (unpaired) electrons. The lowest BCUT2D eigenvalue weighted by Gasteiger charge is -2.37. The second-order valence-corrected chi connectivity index (χ2v) is 9.05. The Morgan fingerprint density at radius 3 is 2.58 bits per heavy atom. The molecule has 2 saturated heterocycles. The first-order valence-electron chi connectivity index (χ1n) is 11.3. The van der Waals surface area contributed by atoms with Gasteiger partial charge in [0.25, 0.3) is 0 Å². The van der Waals surface area contributed by atoms with Crippen LogP contribution in [0.15, 0.2) is 30.7 Å². The molecule has 9 nitrogen and oxygen atoms in total. The minimum absolute atomic E-state index is 0.0670. The summed E-state index contributed by atoms with van der Waals surface area (Å²) in [6.45, 7) is 5.96. The Hall–Kier alpha value is -3.11. The van der Waals surface area contributed by atoms with Crippen LogP contribution < -0.4 is 15.1 Å². The number of alkyl halides is 1. The molecule has 0 spiro atoms. The Morgan fingerprint density at radius 1 is 1.03 bits per heavy atom. The molecule has 3 aromatic rings. The van der Waals surface area contributed by atoms with Gasteiger partial charge in [0.1, 0.15) is 23.6 Å². The van der Waals surface area contributed by atoms with Crippen LogP contribution in [0.25, 0.3) is 10.8 Å². The molecule has 174 valence electrons. The predicted molar refractivity (Wildman–Crippen MR) is 125 cm³/mol. The van der Waals surface area contributed by atoms with Crippen LogP contribution in [0.1, 0.15) is 31.7 Å². The molecule has 10 heteroatoms. The third kappa shape index (κ3) is 4.28. The first-order chi connectivity index (χ1) is 15.9. The predicted octanol–water partition coefficient (Wildman–Crippen LogP) is 2.38. The first-order valence-corrected chi connectivity index (χ1v) is 11.3. The second-order valence-electron chi connectivity index (χ2n) is 9.05. The van der Waals surface area contributed by atoms with Gasteiger partial charge in [-0.15, -0.1) is 0 Å². The number of fused-ring (bicyclic) bond motifs is 1. The van der Waals surface area contributed by atoms with Crippen molar-refractivity contribution < 1.29 is 14.6 Å². The number of β-amino-alcohol motifs (C(OH)–C–C–N with tert-alkyl or cyclic N) is 1. The van der Waals surface area contributed by atoms with Gasteiger partial charge in [-0.2, -0.15) is 4.98 Å². The zero-order chi connectivity index (χ0) is 23.1. The highest BCUT2D eigenvalue weighted by atomic mass is 19.1. The van der Waals surface area contributed by atoms with E-state index in [1.807, 2.05) is 12.3 Å². The van der Waals surface area contributed by atoms with Crippen molar-refractivity contribution in [1.29, 1.82) is 0 Å². The summed E-state index contributed by atoms with van der Waals surface area (Å²) in [5.74, 6) is 2.71. The van der Waals surface area contributed by atoms with Crippen LogP contribution in [0.3, 0.4) is 0 Å². The number of hydrogen-bond donors (Lipinski definition) is 3. The quantitative estimate of drug-likeness (QED) is 0.536. The summed E-state index contributed by atoms with van der Waals surface area (Å²) in [5.41, 5.74) is 1.12. The molecule has 2 atom stereocenters. The average molecular weight is 454 g/mol. The van der Waals surface area contributed by atoms with Crippen LogP contribution in [0.5, 0.6) is 0 Å². The minimum Gasteiger partial charge on any atom is -0.390 e. The molecule has 5 heterocycles. The lowest BCUT2D eigenvalue weighted by Crippen LogP contribution is -2.51. The van der Waals surface area contributed by atoms with E-state index in [0.717, 1.165) is 22.2 Å². The molecule has 0 amide bonds. The maximum atomic E-state index is 14.0. The molecule has 2 aliphatic heterocycles. The number of halogens is 1. The van der Waals surface area contributed by atoms with Crippen molar-refractivity contribution in [2.45, 2.75) is 44.6 Å². The molecular formula is C23H28FN7O2. The van der Waals surface area contributed by atoms with E-state index in [1.54, 1.807) is 23.4 Å². The zero-order valence-electron chi connectivity index (χ0n) is 18.7. The number of nitrogens with one attached hydrogen (secondary N) is 1. The number of pyridine rings is 2. The van der Waals surface area contributed by atoms with Crippen LogP contribution in [-0.2, 0) is 0 Å². The number of aliphatic hydroxyl groups excluding tert-OH is 2. The van der Waals surface area contributed by atoms with Crippen molar-refractivity contribution in [2.75, 3.05) is 41.3 Å². The second kappa shape index (κ2) is 8.68. The lowest BCUT2D eigenvalue weighted by atomic mass is 9.98. The Kier molecular flexibility index (Phi) is 5.71. The molecule has 3 N–H and O–H groups in total. The number of nitrogens with zero attached hydrogens (tertiary/aromatic N) is 6. The van der Waals surface area contributed by atoms with E-state index >= 15 is 0 Å². The molecular weight excluding hydrogens is 425 g/mol. The molecule has 3 aromatic heterocycles. The van der Waals surface area contributed by atoms with Crippen molar-refractivity contribution in [3.05, 3.63) is 36.3 Å². The molecule has 2 aliphatic rings. The Labute approximate surface area is 191 Å². The van der Waals surface area contributed by atoms with Crippen molar-refractivity contribution in [3.63, 3.8) is 0 Å². The van der Waals surface area contributed by atoms with Crippen molar-refractivity contribution >= 4 is 34.2 Å². The van der Waals surface area contributed by atoms with Crippen molar-refractivity contribution in [3.8, 4) is 0 Å². The highest BCUT2D eigenvalue weighted by Gasteiger charge is 2.29. The van der Waals surface area contributed by atoms with Gasteiger partial charge in [0.2, 0.25) is 5.95 Å². The Bertz CT molecular complexity index is 1150. The van der Waals surface area contributed by atoms with Gasteiger partial charge in [-0.05, 0) is 35.4 Å². The molecule has 0 bridgehead atoms. The average Bonchev–Trinajstić information content (AvgIpc) is 2.78. The number of aromatic nitrogens is 4. The summed E-state index contributed by atoms with van der Waals surface area (Å²) in [6, 6.07) is 3.73. The van der Waals surface area contributed by atoms with Crippen LogP contribution >= 0.6 is 0 Å². The van der Waals surface area contributed by atoms with Gasteiger partial charge in [0, 0.05) is 43.6 Å². The van der Waals surface area contributed by atoms with Crippen LogP contribution in [0.4, 0.5) is 27.8 Å². The van der Waals surface area contributed by atoms with Gasteiger partial charge >= 0.3 is 0 Å². The number of hydrogen-bond acceptors (Lipinski definition) is 9. The lowest BCUT2D eigenvalue weighted by molar-refractivity contribution is 0.0612. The van der Waals surface area contributed by atoms with E-state index in [1.165, 1.54) is 0 Å². The SMILES string of the molecule is CC(C)c1cnc(N2CC(O)C2)c2cnc(Nc3ccnc(N4CCC(O)C(F)C4)n3)cc12. The Balaban J connectivity index is 1.43. The fourth-order valence-corrected chi connectivity index (χ4v) is 4.33. The summed E-state index contributed by atoms with van der Waals surface area (Å²) < 4.78 is 14.0. The van der Waals surface area contributed by atoms with Gasteiger partial charge in [-0.25, -0.2) is 19.3 Å². The van der Waals surface area contributed by atoms with E-state index in [0.29, 0.717) is 43.6 Å². The monoisotopic (exact) mass is 453 g/mol. The standard InChI is InChI=1S/C23H28FN7O2/c1-13(2)16-8-27-22(31-10-14(32)11-31)17-9-26-21(7-15(16)17)28-20-3-5-25-23(29-20)30-6-4-19(33)18(24)12-30/h3,5,7-9,13-14,18-19,32-33H,4,6,10-12H2,1-2H3,(H,25,26,28,29). The zero-order valence-corrected chi connectivity index (χ0v) is 18.7. The maximum absolute atomic E-state index is 14.0. The van der Waals surface area contributed by atoms with Gasteiger partial charge in [0.05, 0.1) is 18.8 Å². The van der Waals surface area contributed by atoms with Gasteiger partial charge < -0.3 is 25.3 Å². The van der Waals surface area contributed by atoms with Crippen LogP contribution in [0.2, 0.25) is 0 Å². The number of anilines is 4. The molecule has 0 aliphatic carbocycles. The summed E-state index contributed by atoms with van der Waals surface area (Å²) >= 11 is 0. The van der Waals surface area contributed by atoms with E-state index in [2.05, 4.69) is 44.0 Å². The normalized spacial score (nSPS) is 21.5. The Morgan fingerprint density at radius 2 is 1.85 bits per heavy atom. The third-order valence-electron chi connectivity index (χ3n) is 6.25. The van der Waals surface area contributed by atoms with E-state index < -0.39 is 12.3 Å². The molecule has 5 rings (SSSR count). The molecule has 2 unspecified atom stereocenters. The third-order valence-corrected chi connectivity index (χ3v) is 6.25. The minimum atomic E-state index is -1.31. The van der Waals surface area contributed by atoms with E-state index in [9.17, 15) is 14.6 Å². The van der Waals surface area contributed by atoms with Crippen LogP contribution in [0, 0.1) is 0 Å². The number of piperidine rings is 1. The van der Waals surface area contributed by atoms with Gasteiger partial charge in [-0.3, -0.25) is 0 Å². The number of aliphatic hydroxyl groups is 2. The van der Waals surface area contributed by atoms with Crippen molar-refractivity contribution in [1.82, 2.24) is 19.9 Å². The summed E-state index contributed by atoms with van der Waals surface area (Å²) in [4.78, 5) is 21.8. The topological polar surface area (TPSA) is 111 Å². The molecule has 2 fully saturated rings. The van der Waals surface area contributed by atoms with Crippen molar-refractivity contribution in [2.24, 2.45) is 0 Å². The van der Waals surface area contributed by atoms with Crippen LogP contribution in [-0.4, -0.2) is 74.7 Å². The highest BCUT2D eigenvalue weighted by Crippen LogP contribution is 2.34.